The van der Waals surface area contributed by atoms with E-state index in [4.69, 9.17) is 11.6 Å². The third kappa shape index (κ3) is 3.88. The van der Waals surface area contributed by atoms with Crippen LogP contribution in [0.4, 0.5) is 4.39 Å². The summed E-state index contributed by atoms with van der Waals surface area (Å²) in [6.45, 7) is 3.00. The summed E-state index contributed by atoms with van der Waals surface area (Å²) >= 11 is 5.94. The zero-order valence-electron chi connectivity index (χ0n) is 14.5. The van der Waals surface area contributed by atoms with Crippen molar-refractivity contribution >= 4 is 23.4 Å². The molecule has 0 aromatic heterocycles. The zero-order chi connectivity index (χ0) is 18.7. The normalized spacial score (nSPS) is 15.0. The van der Waals surface area contributed by atoms with Crippen LogP contribution in [0.25, 0.3) is 0 Å². The van der Waals surface area contributed by atoms with Crippen molar-refractivity contribution in [3.63, 3.8) is 0 Å². The number of nitrogens with one attached hydrogen (secondary N) is 1. The third-order valence-corrected chi connectivity index (χ3v) is 5.00. The second kappa shape index (κ2) is 7.87. The molecule has 2 aromatic rings. The molecule has 1 saturated heterocycles. The first-order chi connectivity index (χ1) is 12.5. The van der Waals surface area contributed by atoms with E-state index in [0.29, 0.717) is 31.5 Å². The lowest BCUT2D eigenvalue weighted by molar-refractivity contribution is 0.0697. The van der Waals surface area contributed by atoms with E-state index >= 15 is 0 Å². The van der Waals surface area contributed by atoms with Gasteiger partial charge in [0.05, 0.1) is 10.6 Å². The van der Waals surface area contributed by atoms with Gasteiger partial charge in [0.1, 0.15) is 5.82 Å². The molecule has 0 spiro atoms. The van der Waals surface area contributed by atoms with Gasteiger partial charge in [-0.05, 0) is 43.5 Å². The monoisotopic (exact) mass is 374 g/mol. The molecular weight excluding hydrogens is 355 g/mol. The van der Waals surface area contributed by atoms with Gasteiger partial charge >= 0.3 is 0 Å². The fourth-order valence-corrected chi connectivity index (χ4v) is 3.43. The van der Waals surface area contributed by atoms with E-state index in [1.165, 1.54) is 18.2 Å². The Hall–Kier alpha value is -2.40. The number of rotatable bonds is 3. The molecule has 0 radical (unpaired) electrons. The van der Waals surface area contributed by atoms with Gasteiger partial charge in [0, 0.05) is 24.7 Å². The maximum Gasteiger partial charge on any atom is 0.255 e. The molecule has 0 bridgehead atoms. The van der Waals surface area contributed by atoms with Crippen molar-refractivity contribution in [1.29, 1.82) is 0 Å². The minimum atomic E-state index is -0.637. The summed E-state index contributed by atoms with van der Waals surface area (Å²) < 4.78 is 13.9. The summed E-state index contributed by atoms with van der Waals surface area (Å²) in [6.07, 6.45) is 1.24. The Morgan fingerprint density at radius 1 is 1.12 bits per heavy atom. The quantitative estimate of drug-likeness (QED) is 0.887. The number of aryl methyl sites for hydroxylation is 1. The summed E-state index contributed by atoms with van der Waals surface area (Å²) in [4.78, 5) is 26.7. The Bertz CT molecular complexity index is 812. The van der Waals surface area contributed by atoms with Crippen molar-refractivity contribution in [1.82, 2.24) is 10.2 Å². The minimum absolute atomic E-state index is 0.00465. The average Bonchev–Trinajstić information content (AvgIpc) is 2.62. The Labute approximate surface area is 157 Å². The zero-order valence-corrected chi connectivity index (χ0v) is 15.2. The molecule has 1 N–H and O–H groups in total. The highest BCUT2D eigenvalue weighted by molar-refractivity contribution is 6.33. The Balaban J connectivity index is 1.60. The maximum absolute atomic E-state index is 13.9. The van der Waals surface area contributed by atoms with E-state index in [1.54, 1.807) is 4.90 Å². The smallest absolute Gasteiger partial charge is 0.255 e. The first-order valence-electron chi connectivity index (χ1n) is 8.57. The summed E-state index contributed by atoms with van der Waals surface area (Å²) in [5, 5.41) is 2.92. The van der Waals surface area contributed by atoms with Crippen molar-refractivity contribution in [2.75, 3.05) is 13.1 Å². The molecule has 1 heterocycles. The lowest BCUT2D eigenvalue weighted by Crippen LogP contribution is -2.46. The standard InChI is InChI=1S/C20H20ClFN2O2/c1-13-5-2-3-6-15(13)20(26)24-11-9-14(10-12-24)23-19(25)18-16(21)7-4-8-17(18)22/h2-8,14H,9-12H2,1H3,(H,23,25). The van der Waals surface area contributed by atoms with Gasteiger partial charge in [0.15, 0.2) is 0 Å². The SMILES string of the molecule is Cc1ccccc1C(=O)N1CCC(NC(=O)c2c(F)cccc2Cl)CC1. The van der Waals surface area contributed by atoms with E-state index in [1.807, 2.05) is 31.2 Å². The van der Waals surface area contributed by atoms with Crippen molar-refractivity contribution in [3.05, 3.63) is 70.0 Å². The van der Waals surface area contributed by atoms with E-state index in [-0.39, 0.29) is 22.5 Å². The molecule has 0 aliphatic carbocycles. The Morgan fingerprint density at radius 2 is 1.81 bits per heavy atom. The minimum Gasteiger partial charge on any atom is -0.349 e. The first-order valence-corrected chi connectivity index (χ1v) is 8.95. The number of carbonyl (C=O) groups excluding carboxylic acids is 2. The van der Waals surface area contributed by atoms with Crippen molar-refractivity contribution < 1.29 is 14.0 Å². The van der Waals surface area contributed by atoms with E-state index < -0.39 is 11.7 Å². The molecule has 3 rings (SSSR count). The Morgan fingerprint density at radius 3 is 2.46 bits per heavy atom. The van der Waals surface area contributed by atoms with E-state index in [9.17, 15) is 14.0 Å². The lowest BCUT2D eigenvalue weighted by Gasteiger charge is -2.32. The summed E-state index contributed by atoms with van der Waals surface area (Å²) in [6, 6.07) is 11.5. The molecule has 136 valence electrons. The fraction of sp³-hybridized carbons (Fsp3) is 0.300. The number of amides is 2. The van der Waals surface area contributed by atoms with Crippen molar-refractivity contribution in [2.24, 2.45) is 0 Å². The van der Waals surface area contributed by atoms with Crippen LogP contribution < -0.4 is 5.32 Å². The molecule has 26 heavy (non-hydrogen) atoms. The number of hydrogen-bond donors (Lipinski definition) is 1. The number of hydrogen-bond acceptors (Lipinski definition) is 2. The second-order valence-electron chi connectivity index (χ2n) is 6.45. The third-order valence-electron chi connectivity index (χ3n) is 4.68. The molecule has 0 atom stereocenters. The van der Waals surface area contributed by atoms with E-state index in [0.717, 1.165) is 5.56 Å². The average molecular weight is 375 g/mol. The number of carbonyl (C=O) groups is 2. The fourth-order valence-electron chi connectivity index (χ4n) is 3.18. The number of piperidine rings is 1. The van der Waals surface area contributed by atoms with Crippen LogP contribution in [0, 0.1) is 12.7 Å². The highest BCUT2D eigenvalue weighted by atomic mass is 35.5. The van der Waals surface area contributed by atoms with Gasteiger partial charge in [0.25, 0.3) is 11.8 Å². The molecule has 0 saturated carbocycles. The van der Waals surface area contributed by atoms with Gasteiger partial charge in [-0.2, -0.15) is 0 Å². The van der Waals surface area contributed by atoms with Crippen LogP contribution in [-0.4, -0.2) is 35.8 Å². The van der Waals surface area contributed by atoms with Crippen LogP contribution >= 0.6 is 11.6 Å². The van der Waals surface area contributed by atoms with Crippen LogP contribution in [0.1, 0.15) is 39.1 Å². The van der Waals surface area contributed by atoms with Crippen LogP contribution in [0.3, 0.4) is 0 Å². The molecule has 6 heteroatoms. The number of nitrogens with zero attached hydrogens (tertiary/aromatic N) is 1. The molecule has 0 unspecified atom stereocenters. The predicted octanol–water partition coefficient (Wildman–Crippen LogP) is 3.82. The molecule has 1 fully saturated rings. The molecule has 2 aromatic carbocycles. The number of benzene rings is 2. The highest BCUT2D eigenvalue weighted by Gasteiger charge is 2.26. The summed E-state index contributed by atoms with van der Waals surface area (Å²) in [7, 11) is 0. The van der Waals surface area contributed by atoms with Gasteiger partial charge in [-0.3, -0.25) is 9.59 Å². The second-order valence-corrected chi connectivity index (χ2v) is 6.86. The summed E-state index contributed by atoms with van der Waals surface area (Å²) in [5.74, 6) is -1.15. The van der Waals surface area contributed by atoms with Crippen molar-refractivity contribution in [3.8, 4) is 0 Å². The van der Waals surface area contributed by atoms with Gasteiger partial charge in [-0.25, -0.2) is 4.39 Å². The van der Waals surface area contributed by atoms with Crippen LogP contribution in [-0.2, 0) is 0 Å². The van der Waals surface area contributed by atoms with Gasteiger partial charge in [0.2, 0.25) is 0 Å². The van der Waals surface area contributed by atoms with Gasteiger partial charge in [-0.1, -0.05) is 35.9 Å². The van der Waals surface area contributed by atoms with E-state index in [2.05, 4.69) is 5.32 Å². The van der Waals surface area contributed by atoms with Crippen molar-refractivity contribution in [2.45, 2.75) is 25.8 Å². The maximum atomic E-state index is 13.9. The lowest BCUT2D eigenvalue weighted by atomic mass is 10.0. The predicted molar refractivity (Wildman–Crippen MR) is 99.0 cm³/mol. The largest absolute Gasteiger partial charge is 0.349 e. The molecule has 1 aliphatic heterocycles. The number of likely N-dealkylation sites (tertiary alicyclic amines) is 1. The topological polar surface area (TPSA) is 49.4 Å². The van der Waals surface area contributed by atoms with Crippen LogP contribution in [0.5, 0.6) is 0 Å². The number of halogens is 2. The molecular formula is C20H20ClFN2O2. The first kappa shape index (κ1) is 18.4. The molecule has 4 nitrogen and oxygen atoms in total. The highest BCUT2D eigenvalue weighted by Crippen LogP contribution is 2.21. The van der Waals surface area contributed by atoms with Crippen LogP contribution in [0.15, 0.2) is 42.5 Å². The molecule has 2 amide bonds. The van der Waals surface area contributed by atoms with Gasteiger partial charge in [-0.15, -0.1) is 0 Å². The Kier molecular flexibility index (Phi) is 5.57. The van der Waals surface area contributed by atoms with Gasteiger partial charge < -0.3 is 10.2 Å². The van der Waals surface area contributed by atoms with Crippen LogP contribution in [0.2, 0.25) is 5.02 Å². The summed E-state index contributed by atoms with van der Waals surface area (Å²) in [5.41, 5.74) is 1.52. The molecule has 1 aliphatic rings.